The topological polar surface area (TPSA) is 149 Å². The molecule has 2 fully saturated rings. The number of anilines is 2. The highest BCUT2D eigenvalue weighted by molar-refractivity contribution is 5.91. The van der Waals surface area contributed by atoms with E-state index in [1.54, 1.807) is 30.4 Å². The van der Waals surface area contributed by atoms with Crippen molar-refractivity contribution in [2.75, 3.05) is 37.1 Å². The van der Waals surface area contributed by atoms with Gasteiger partial charge in [0.05, 0.1) is 38.4 Å². The number of carbonyl (C=O) groups excluding carboxylic acids is 1. The Morgan fingerprint density at radius 3 is 2.33 bits per heavy atom. The number of methoxy groups -OCH3 is 1. The fourth-order valence-electron chi connectivity index (χ4n) is 4.89. The maximum absolute atomic E-state index is 13.6. The molecular weight excluding hydrogens is 571 g/mol. The Morgan fingerprint density at radius 2 is 1.77 bits per heavy atom. The summed E-state index contributed by atoms with van der Waals surface area (Å²) in [6.45, 7) is 4.27. The zero-order valence-electron chi connectivity index (χ0n) is 23.9. The molecule has 1 aliphatic carbocycles. The summed E-state index contributed by atoms with van der Waals surface area (Å²) in [5.41, 5.74) is -0.742. The number of ether oxygens (including phenoxy) is 3. The standard InChI is InChI=1S/C27H32F3N9O4/c1-4-31-25(40)39(21-13-32-20(12-33-21)16-9-35-24(41-3)36-10-16)18-7-5-17(6-8-18)37-23-34-11-19(27(28,29)30)22(38-23)43-26(2)14-42-15-26/h9-13,17-18H,4-8,14-15H2,1-3H3,(H,31,40)(H,34,37,38). The zero-order valence-corrected chi connectivity index (χ0v) is 23.9. The minimum absolute atomic E-state index is 0.0415. The third-order valence-corrected chi connectivity index (χ3v) is 7.15. The molecule has 3 aromatic rings. The van der Waals surface area contributed by atoms with Crippen molar-refractivity contribution >= 4 is 17.8 Å². The number of halogens is 3. The summed E-state index contributed by atoms with van der Waals surface area (Å²) in [5, 5.41) is 5.98. The summed E-state index contributed by atoms with van der Waals surface area (Å²) in [4.78, 5) is 39.8. The van der Waals surface area contributed by atoms with Gasteiger partial charge in [0.2, 0.25) is 11.8 Å². The van der Waals surface area contributed by atoms with Crippen molar-refractivity contribution in [1.82, 2.24) is 35.2 Å². The number of alkyl halides is 3. The number of amides is 2. The molecule has 13 nitrogen and oxygen atoms in total. The lowest BCUT2D eigenvalue weighted by atomic mass is 9.90. The molecule has 0 bridgehead atoms. The van der Waals surface area contributed by atoms with E-state index in [1.165, 1.54) is 13.3 Å². The lowest BCUT2D eigenvalue weighted by Crippen LogP contribution is -2.52. The van der Waals surface area contributed by atoms with Crippen molar-refractivity contribution < 1.29 is 32.2 Å². The first kappa shape index (κ1) is 30.1. The van der Waals surface area contributed by atoms with E-state index in [9.17, 15) is 18.0 Å². The Balaban J connectivity index is 1.26. The highest BCUT2D eigenvalue weighted by Gasteiger charge is 2.42. The summed E-state index contributed by atoms with van der Waals surface area (Å²) in [5.74, 6) is -0.100. The minimum atomic E-state index is -4.67. The zero-order chi connectivity index (χ0) is 30.6. The van der Waals surface area contributed by atoms with Gasteiger partial charge in [0, 0.05) is 42.8 Å². The van der Waals surface area contributed by atoms with Crippen LogP contribution >= 0.6 is 0 Å². The molecule has 3 aromatic heterocycles. The first-order valence-electron chi connectivity index (χ1n) is 13.8. The molecule has 2 N–H and O–H groups in total. The number of rotatable bonds is 9. The van der Waals surface area contributed by atoms with Crippen LogP contribution in [-0.2, 0) is 10.9 Å². The van der Waals surface area contributed by atoms with Crippen LogP contribution in [0.25, 0.3) is 11.3 Å². The van der Waals surface area contributed by atoms with Gasteiger partial charge in [-0.15, -0.1) is 0 Å². The van der Waals surface area contributed by atoms with Crippen molar-refractivity contribution in [2.24, 2.45) is 0 Å². The average molecular weight is 604 g/mol. The highest BCUT2D eigenvalue weighted by atomic mass is 19.4. The molecule has 2 aliphatic rings. The van der Waals surface area contributed by atoms with Gasteiger partial charge in [-0.05, 0) is 39.5 Å². The molecule has 1 saturated carbocycles. The maximum Gasteiger partial charge on any atom is 0.423 e. The van der Waals surface area contributed by atoms with Gasteiger partial charge in [0.25, 0.3) is 0 Å². The Labute approximate surface area is 245 Å². The summed E-state index contributed by atoms with van der Waals surface area (Å²) >= 11 is 0. The van der Waals surface area contributed by atoms with Crippen molar-refractivity contribution in [1.29, 1.82) is 0 Å². The summed E-state index contributed by atoms with van der Waals surface area (Å²) in [7, 11) is 1.48. The van der Waals surface area contributed by atoms with Crippen LogP contribution in [-0.4, -0.2) is 80.5 Å². The predicted octanol–water partition coefficient (Wildman–Crippen LogP) is 3.88. The van der Waals surface area contributed by atoms with Crippen LogP contribution in [0.1, 0.15) is 45.1 Å². The molecule has 1 aliphatic heterocycles. The number of carbonyl (C=O) groups is 1. The van der Waals surface area contributed by atoms with E-state index in [-0.39, 0.29) is 43.3 Å². The molecule has 5 rings (SSSR count). The van der Waals surface area contributed by atoms with Gasteiger partial charge in [-0.2, -0.15) is 18.2 Å². The highest BCUT2D eigenvalue weighted by Crippen LogP contribution is 2.38. The molecular formula is C27H32F3N9O4. The van der Waals surface area contributed by atoms with Gasteiger partial charge in [0.15, 0.2) is 11.4 Å². The van der Waals surface area contributed by atoms with Gasteiger partial charge >= 0.3 is 18.2 Å². The molecule has 0 radical (unpaired) electrons. The molecule has 0 aromatic carbocycles. The van der Waals surface area contributed by atoms with E-state index in [0.29, 0.717) is 49.3 Å². The van der Waals surface area contributed by atoms with Gasteiger partial charge in [-0.25, -0.2) is 24.7 Å². The van der Waals surface area contributed by atoms with Gasteiger partial charge in [-0.1, -0.05) is 0 Å². The number of hydrogen-bond acceptors (Lipinski definition) is 11. The molecule has 0 unspecified atom stereocenters. The lowest BCUT2D eigenvalue weighted by Gasteiger charge is -2.38. The van der Waals surface area contributed by atoms with Gasteiger partial charge in [0.1, 0.15) is 5.56 Å². The molecule has 0 spiro atoms. The minimum Gasteiger partial charge on any atom is -0.467 e. The van der Waals surface area contributed by atoms with Crippen LogP contribution < -0.4 is 25.0 Å². The quantitative estimate of drug-likeness (QED) is 0.367. The monoisotopic (exact) mass is 603 g/mol. The Kier molecular flexibility index (Phi) is 8.75. The van der Waals surface area contributed by atoms with Crippen molar-refractivity contribution in [3.05, 3.63) is 36.5 Å². The Morgan fingerprint density at radius 1 is 1.05 bits per heavy atom. The molecule has 16 heteroatoms. The molecule has 230 valence electrons. The average Bonchev–Trinajstić information content (AvgIpc) is 2.97. The number of hydrogen-bond donors (Lipinski definition) is 2. The Bertz CT molecular complexity index is 1400. The van der Waals surface area contributed by atoms with Crippen LogP contribution in [0.3, 0.4) is 0 Å². The van der Waals surface area contributed by atoms with E-state index in [2.05, 4.69) is 40.5 Å². The third-order valence-electron chi connectivity index (χ3n) is 7.15. The molecule has 43 heavy (non-hydrogen) atoms. The molecule has 4 heterocycles. The van der Waals surface area contributed by atoms with Gasteiger partial charge < -0.3 is 24.8 Å². The first-order chi connectivity index (χ1) is 20.6. The largest absolute Gasteiger partial charge is 0.467 e. The maximum atomic E-state index is 13.6. The second-order valence-corrected chi connectivity index (χ2v) is 10.5. The molecule has 1 saturated heterocycles. The number of aromatic nitrogens is 6. The third kappa shape index (κ3) is 7.01. The normalized spacial score (nSPS) is 19.6. The summed E-state index contributed by atoms with van der Waals surface area (Å²) in [6.07, 6.45) is 4.72. The fourth-order valence-corrected chi connectivity index (χ4v) is 4.89. The van der Waals surface area contributed by atoms with Crippen LogP contribution in [0.2, 0.25) is 0 Å². The molecule has 0 atom stereocenters. The second-order valence-electron chi connectivity index (χ2n) is 10.5. The van der Waals surface area contributed by atoms with Crippen molar-refractivity contribution in [3.8, 4) is 23.1 Å². The van der Waals surface area contributed by atoms with E-state index < -0.39 is 23.2 Å². The smallest absolute Gasteiger partial charge is 0.423 e. The van der Waals surface area contributed by atoms with Crippen LogP contribution in [0, 0.1) is 0 Å². The van der Waals surface area contributed by atoms with Crippen molar-refractivity contribution in [2.45, 2.75) is 63.4 Å². The van der Waals surface area contributed by atoms with E-state index >= 15 is 0 Å². The first-order valence-corrected chi connectivity index (χ1v) is 13.8. The Hall–Kier alpha value is -4.34. The van der Waals surface area contributed by atoms with E-state index in [1.807, 2.05) is 6.92 Å². The van der Waals surface area contributed by atoms with E-state index in [0.717, 1.165) is 6.20 Å². The number of nitrogens with zero attached hydrogens (tertiary/aromatic N) is 7. The van der Waals surface area contributed by atoms with Crippen LogP contribution in [0.15, 0.2) is 31.0 Å². The SMILES string of the molecule is CCNC(=O)N(c1cnc(-c2cnc(OC)nc2)cn1)C1CCC(Nc2ncc(C(F)(F)F)c(OC3(C)COC3)n2)CC1. The summed E-state index contributed by atoms with van der Waals surface area (Å²) in [6, 6.07) is -0.365. The predicted molar refractivity (Wildman–Crippen MR) is 148 cm³/mol. The van der Waals surface area contributed by atoms with E-state index in [4.69, 9.17) is 14.2 Å². The van der Waals surface area contributed by atoms with Gasteiger partial charge in [-0.3, -0.25) is 9.88 Å². The van der Waals surface area contributed by atoms with Crippen LogP contribution in [0.4, 0.5) is 29.7 Å². The molecule has 2 amide bonds. The fraction of sp³-hybridized carbons (Fsp3) is 0.519. The van der Waals surface area contributed by atoms with Crippen LogP contribution in [0.5, 0.6) is 11.9 Å². The van der Waals surface area contributed by atoms with Crippen molar-refractivity contribution in [3.63, 3.8) is 0 Å². The number of urea groups is 1. The number of nitrogens with one attached hydrogen (secondary N) is 2. The lowest BCUT2D eigenvalue weighted by molar-refractivity contribution is -0.162. The summed E-state index contributed by atoms with van der Waals surface area (Å²) < 4.78 is 56.4. The second kappa shape index (κ2) is 12.5.